The molecule has 124 valence electrons. The van der Waals surface area contributed by atoms with Crippen LogP contribution in [0.5, 0.6) is 11.5 Å². The van der Waals surface area contributed by atoms with Crippen LogP contribution in [-0.2, 0) is 4.79 Å². The quantitative estimate of drug-likeness (QED) is 0.783. The maximum absolute atomic E-state index is 12.5. The number of carbonyl (C=O) groups is 1. The average molecular weight is 315 g/mol. The molecule has 1 fully saturated rings. The van der Waals surface area contributed by atoms with Crippen LogP contribution < -0.4 is 9.47 Å². The molecule has 4 nitrogen and oxygen atoms in total. The fourth-order valence-corrected chi connectivity index (χ4v) is 3.36. The van der Waals surface area contributed by atoms with Gasteiger partial charge >= 0.3 is 0 Å². The maximum atomic E-state index is 12.5. The highest BCUT2D eigenvalue weighted by Crippen LogP contribution is 2.25. The predicted molar refractivity (Wildman–Crippen MR) is 89.7 cm³/mol. The molecule has 1 aliphatic heterocycles. The molecule has 0 N–H and O–H groups in total. The molecule has 1 aromatic carbocycles. The Labute approximate surface area is 138 Å². The van der Waals surface area contributed by atoms with Crippen molar-refractivity contribution in [1.29, 1.82) is 0 Å². The van der Waals surface area contributed by atoms with E-state index in [1.807, 2.05) is 29.2 Å². The summed E-state index contributed by atoms with van der Waals surface area (Å²) in [6.45, 7) is 2.39. The lowest BCUT2D eigenvalue weighted by molar-refractivity contribution is -0.137. The van der Waals surface area contributed by atoms with Crippen LogP contribution in [0.1, 0.15) is 25.7 Å². The fraction of sp³-hybridized carbons (Fsp3) is 0.526. The van der Waals surface area contributed by atoms with E-state index in [4.69, 9.17) is 9.47 Å². The molecule has 0 radical (unpaired) electrons. The smallest absolute Gasteiger partial charge is 0.226 e. The largest absolute Gasteiger partial charge is 0.497 e. The first-order valence-corrected chi connectivity index (χ1v) is 8.47. The van der Waals surface area contributed by atoms with Gasteiger partial charge in [0.15, 0.2) is 0 Å². The van der Waals surface area contributed by atoms with Gasteiger partial charge in [-0.3, -0.25) is 4.79 Å². The van der Waals surface area contributed by atoms with Gasteiger partial charge in [0, 0.05) is 24.9 Å². The van der Waals surface area contributed by atoms with Crippen LogP contribution in [0, 0.1) is 11.8 Å². The second-order valence-electron chi connectivity index (χ2n) is 6.42. The molecule has 1 heterocycles. The monoisotopic (exact) mass is 315 g/mol. The number of ether oxygens (including phenoxy) is 2. The number of allylic oxidation sites excluding steroid dienone is 2. The lowest BCUT2D eigenvalue weighted by atomic mass is 9.96. The third-order valence-electron chi connectivity index (χ3n) is 4.73. The number of hydrogen-bond donors (Lipinski definition) is 0. The molecule has 1 aliphatic carbocycles. The molecule has 4 heteroatoms. The zero-order valence-corrected chi connectivity index (χ0v) is 13.7. The van der Waals surface area contributed by atoms with E-state index in [0.29, 0.717) is 18.4 Å². The number of likely N-dealkylation sites (tertiary alicyclic amines) is 1. The number of piperidine rings is 1. The van der Waals surface area contributed by atoms with Gasteiger partial charge in [0.25, 0.3) is 0 Å². The molecular weight excluding hydrogens is 290 g/mol. The van der Waals surface area contributed by atoms with Gasteiger partial charge in [-0.15, -0.1) is 0 Å². The first-order chi connectivity index (χ1) is 11.3. The Morgan fingerprint density at radius 3 is 2.57 bits per heavy atom. The highest BCUT2D eigenvalue weighted by molar-refractivity contribution is 5.79. The van der Waals surface area contributed by atoms with E-state index >= 15 is 0 Å². The Hall–Kier alpha value is -1.97. The van der Waals surface area contributed by atoms with E-state index in [2.05, 4.69) is 12.2 Å². The molecule has 1 saturated heterocycles. The van der Waals surface area contributed by atoms with Crippen molar-refractivity contribution in [3.05, 3.63) is 36.4 Å². The topological polar surface area (TPSA) is 38.8 Å². The van der Waals surface area contributed by atoms with E-state index in [0.717, 1.165) is 50.3 Å². The molecule has 3 rings (SSSR count). The van der Waals surface area contributed by atoms with Crippen molar-refractivity contribution in [2.45, 2.75) is 25.7 Å². The number of nitrogens with zero attached hydrogens (tertiary/aromatic N) is 1. The SMILES string of the molecule is COc1ccc(OCC2CCCN(C(=O)C3CC=CC3)C2)cc1. The Morgan fingerprint density at radius 2 is 1.87 bits per heavy atom. The predicted octanol–water partition coefficient (Wildman–Crippen LogP) is 3.28. The molecule has 1 aromatic rings. The number of hydrogen-bond acceptors (Lipinski definition) is 3. The summed E-state index contributed by atoms with van der Waals surface area (Å²) in [5, 5.41) is 0. The number of amides is 1. The van der Waals surface area contributed by atoms with Gasteiger partial charge in [-0.2, -0.15) is 0 Å². The van der Waals surface area contributed by atoms with Gasteiger partial charge < -0.3 is 14.4 Å². The molecule has 1 amide bonds. The van der Waals surface area contributed by atoms with Gasteiger partial charge in [-0.1, -0.05) is 12.2 Å². The van der Waals surface area contributed by atoms with Crippen molar-refractivity contribution in [2.24, 2.45) is 11.8 Å². The molecular formula is C19H25NO3. The summed E-state index contributed by atoms with van der Waals surface area (Å²) in [6.07, 6.45) is 8.25. The summed E-state index contributed by atoms with van der Waals surface area (Å²) in [4.78, 5) is 14.6. The number of carbonyl (C=O) groups excluding carboxylic acids is 1. The molecule has 2 aliphatic rings. The zero-order valence-electron chi connectivity index (χ0n) is 13.7. The van der Waals surface area contributed by atoms with Crippen molar-refractivity contribution in [3.63, 3.8) is 0 Å². The first kappa shape index (κ1) is 15.9. The minimum absolute atomic E-state index is 0.177. The Morgan fingerprint density at radius 1 is 1.17 bits per heavy atom. The van der Waals surface area contributed by atoms with Crippen molar-refractivity contribution in [2.75, 3.05) is 26.8 Å². The summed E-state index contributed by atoms with van der Waals surface area (Å²) < 4.78 is 11.0. The fourth-order valence-electron chi connectivity index (χ4n) is 3.36. The maximum Gasteiger partial charge on any atom is 0.226 e. The zero-order chi connectivity index (χ0) is 16.1. The van der Waals surface area contributed by atoms with E-state index in [9.17, 15) is 4.79 Å². The molecule has 0 saturated carbocycles. The van der Waals surface area contributed by atoms with Gasteiger partial charge in [0.05, 0.1) is 13.7 Å². The second-order valence-corrected chi connectivity index (χ2v) is 6.42. The number of rotatable bonds is 5. The van der Waals surface area contributed by atoms with Crippen LogP contribution in [0.15, 0.2) is 36.4 Å². The Balaban J connectivity index is 1.49. The van der Waals surface area contributed by atoms with Crippen molar-refractivity contribution < 1.29 is 14.3 Å². The summed E-state index contributed by atoms with van der Waals surface area (Å²) in [5.41, 5.74) is 0. The molecule has 1 atom stereocenters. The van der Waals surface area contributed by atoms with Crippen molar-refractivity contribution in [3.8, 4) is 11.5 Å². The molecule has 0 bridgehead atoms. The lowest BCUT2D eigenvalue weighted by Crippen LogP contribution is -2.43. The van der Waals surface area contributed by atoms with Crippen LogP contribution >= 0.6 is 0 Å². The third kappa shape index (κ3) is 4.06. The van der Waals surface area contributed by atoms with Crippen LogP contribution in [0.4, 0.5) is 0 Å². The molecule has 1 unspecified atom stereocenters. The van der Waals surface area contributed by atoms with Gasteiger partial charge in [-0.25, -0.2) is 0 Å². The van der Waals surface area contributed by atoms with E-state index in [1.54, 1.807) is 7.11 Å². The number of benzene rings is 1. The van der Waals surface area contributed by atoms with Crippen molar-refractivity contribution in [1.82, 2.24) is 4.90 Å². The third-order valence-corrected chi connectivity index (χ3v) is 4.73. The first-order valence-electron chi connectivity index (χ1n) is 8.47. The summed E-state index contributed by atoms with van der Waals surface area (Å²) in [7, 11) is 1.66. The standard InChI is InChI=1S/C19H25NO3/c1-22-17-8-10-18(11-9-17)23-14-15-5-4-12-20(13-15)19(21)16-6-2-3-7-16/h2-3,8-11,15-16H,4-7,12-14H2,1H3. The highest BCUT2D eigenvalue weighted by Gasteiger charge is 2.29. The van der Waals surface area contributed by atoms with Crippen LogP contribution in [0.3, 0.4) is 0 Å². The van der Waals surface area contributed by atoms with Gasteiger partial charge in [0.1, 0.15) is 11.5 Å². The Kier molecular flexibility index (Phi) is 5.21. The normalized spacial score (nSPS) is 21.4. The minimum Gasteiger partial charge on any atom is -0.497 e. The summed E-state index contributed by atoms with van der Waals surface area (Å²) in [5.74, 6) is 2.61. The van der Waals surface area contributed by atoms with Crippen molar-refractivity contribution >= 4 is 5.91 Å². The number of methoxy groups -OCH3 is 1. The highest BCUT2D eigenvalue weighted by atomic mass is 16.5. The molecule has 0 aromatic heterocycles. The van der Waals surface area contributed by atoms with E-state index in [1.165, 1.54) is 0 Å². The second kappa shape index (κ2) is 7.53. The Bertz CT molecular complexity index is 544. The van der Waals surface area contributed by atoms with Gasteiger partial charge in [-0.05, 0) is 49.9 Å². The van der Waals surface area contributed by atoms with Crippen LogP contribution in [0.2, 0.25) is 0 Å². The lowest BCUT2D eigenvalue weighted by Gasteiger charge is -2.34. The van der Waals surface area contributed by atoms with E-state index < -0.39 is 0 Å². The van der Waals surface area contributed by atoms with Crippen LogP contribution in [0.25, 0.3) is 0 Å². The minimum atomic E-state index is 0.177. The molecule has 23 heavy (non-hydrogen) atoms. The summed E-state index contributed by atoms with van der Waals surface area (Å²) >= 11 is 0. The molecule has 0 spiro atoms. The van der Waals surface area contributed by atoms with Gasteiger partial charge in [0.2, 0.25) is 5.91 Å². The van der Waals surface area contributed by atoms with E-state index in [-0.39, 0.29) is 5.92 Å². The summed E-state index contributed by atoms with van der Waals surface area (Å²) in [6, 6.07) is 7.65. The van der Waals surface area contributed by atoms with Crippen LogP contribution in [-0.4, -0.2) is 37.6 Å². The average Bonchev–Trinajstić information content (AvgIpc) is 3.14.